The van der Waals surface area contributed by atoms with Gasteiger partial charge in [-0.3, -0.25) is 13.9 Å². The van der Waals surface area contributed by atoms with Gasteiger partial charge in [0.15, 0.2) is 11.2 Å². The van der Waals surface area contributed by atoms with E-state index >= 15 is 0 Å². The average molecular weight is 469 g/mol. The van der Waals surface area contributed by atoms with Crippen molar-refractivity contribution in [2.45, 2.75) is 32.4 Å². The molecule has 3 heterocycles. The topological polar surface area (TPSA) is 132 Å². The number of fused-ring (bicyclic) bond motifs is 1. The van der Waals surface area contributed by atoms with Crippen LogP contribution in [0.3, 0.4) is 0 Å². The second-order valence-electron chi connectivity index (χ2n) is 8.38. The maximum Gasteiger partial charge on any atom is 0.407 e. The van der Waals surface area contributed by atoms with E-state index < -0.39 is 6.09 Å². The summed E-state index contributed by atoms with van der Waals surface area (Å²) in [5.41, 5.74) is 7.95. The van der Waals surface area contributed by atoms with Crippen molar-refractivity contribution in [1.29, 1.82) is 0 Å². The van der Waals surface area contributed by atoms with Crippen LogP contribution in [0.2, 0.25) is 0 Å². The maximum atomic E-state index is 13.4. The van der Waals surface area contributed by atoms with Crippen LogP contribution in [-0.2, 0) is 18.3 Å². The van der Waals surface area contributed by atoms with Crippen molar-refractivity contribution < 1.29 is 9.53 Å². The number of alkyl carbamates (subject to hydrolysis) is 1. The van der Waals surface area contributed by atoms with E-state index in [2.05, 4.69) is 20.5 Å². The van der Waals surface area contributed by atoms with E-state index in [0.29, 0.717) is 55.8 Å². The predicted molar refractivity (Wildman–Crippen MR) is 131 cm³/mol. The molecule has 0 saturated carbocycles. The number of ether oxygens (including phenoxy) is 1. The number of nitrogens with two attached hydrogens (primary N) is 1. The highest BCUT2D eigenvalue weighted by Gasteiger charge is 2.25. The van der Waals surface area contributed by atoms with Crippen LogP contribution in [0, 0.1) is 0 Å². The summed E-state index contributed by atoms with van der Waals surface area (Å²) in [5, 5.41) is 5.74. The van der Waals surface area contributed by atoms with Crippen molar-refractivity contribution in [3.63, 3.8) is 0 Å². The Morgan fingerprint density at radius 3 is 2.76 bits per heavy atom. The zero-order valence-electron chi connectivity index (χ0n) is 19.7. The number of piperidine rings is 1. The number of hydrogen-bond donors (Lipinski definition) is 3. The first-order valence-electron chi connectivity index (χ1n) is 11.6. The molecular weight excluding hydrogens is 436 g/mol. The summed E-state index contributed by atoms with van der Waals surface area (Å²) in [7, 11) is 1.67. The second-order valence-corrected chi connectivity index (χ2v) is 8.38. The van der Waals surface area contributed by atoms with Gasteiger partial charge in [0, 0.05) is 39.3 Å². The molecule has 1 saturated heterocycles. The molecule has 1 aromatic carbocycles. The molecule has 1 fully saturated rings. The van der Waals surface area contributed by atoms with E-state index in [1.807, 2.05) is 34.9 Å². The summed E-state index contributed by atoms with van der Waals surface area (Å²) >= 11 is 0. The van der Waals surface area contributed by atoms with Gasteiger partial charge in [0.2, 0.25) is 11.9 Å². The van der Waals surface area contributed by atoms with Crippen LogP contribution in [-0.4, -0.2) is 64.0 Å². The summed E-state index contributed by atoms with van der Waals surface area (Å²) in [4.78, 5) is 36.5. The lowest BCUT2D eigenvalue weighted by Gasteiger charge is -2.31. The number of carbonyl (C=O) groups excluding carboxylic acids is 1. The fraction of sp³-hybridized carbons (Fsp3) is 0.478. The van der Waals surface area contributed by atoms with E-state index in [1.165, 1.54) is 4.57 Å². The number of nitrogens with one attached hydrogen (secondary N) is 2. The minimum absolute atomic E-state index is 0.0682. The predicted octanol–water partition coefficient (Wildman–Crippen LogP) is 1.26. The molecule has 3 aromatic rings. The summed E-state index contributed by atoms with van der Waals surface area (Å²) < 4.78 is 8.27. The fourth-order valence-corrected chi connectivity index (χ4v) is 4.18. The van der Waals surface area contributed by atoms with Gasteiger partial charge >= 0.3 is 6.09 Å². The molecule has 0 aliphatic carbocycles. The van der Waals surface area contributed by atoms with Crippen molar-refractivity contribution in [2.75, 3.05) is 43.0 Å². The Morgan fingerprint density at radius 1 is 1.24 bits per heavy atom. The summed E-state index contributed by atoms with van der Waals surface area (Å²) in [6.45, 7) is 4.78. The standard InChI is InChI=1S/C23H32N8O3/c1-3-34-23(33)26-12-11-25-21-27-19-18(20(32)29(21)2)31(14-16-8-5-4-6-9-16)22(28-19)30-13-7-10-17(24)15-30/h4-6,8-9,17H,3,7,10-15,24H2,1-2H3,(H,25,27)(H,26,33). The van der Waals surface area contributed by atoms with Gasteiger partial charge in [-0.25, -0.2) is 4.79 Å². The summed E-state index contributed by atoms with van der Waals surface area (Å²) in [5.74, 6) is 1.09. The van der Waals surface area contributed by atoms with Gasteiger partial charge in [-0.05, 0) is 25.3 Å². The highest BCUT2D eigenvalue weighted by Crippen LogP contribution is 2.24. The third-order valence-corrected chi connectivity index (χ3v) is 5.84. The van der Waals surface area contributed by atoms with Gasteiger partial charge in [0.1, 0.15) is 0 Å². The number of benzene rings is 1. The number of rotatable bonds is 8. The van der Waals surface area contributed by atoms with Crippen LogP contribution in [0.15, 0.2) is 35.1 Å². The van der Waals surface area contributed by atoms with Gasteiger partial charge in [-0.15, -0.1) is 0 Å². The smallest absolute Gasteiger partial charge is 0.407 e. The molecule has 34 heavy (non-hydrogen) atoms. The Labute approximate surface area is 197 Å². The van der Waals surface area contributed by atoms with Gasteiger partial charge < -0.3 is 26.0 Å². The molecule has 11 heteroatoms. The minimum Gasteiger partial charge on any atom is -0.450 e. The molecule has 182 valence electrons. The second kappa shape index (κ2) is 10.6. The lowest BCUT2D eigenvalue weighted by atomic mass is 10.1. The van der Waals surface area contributed by atoms with Crippen LogP contribution >= 0.6 is 0 Å². The van der Waals surface area contributed by atoms with Crippen LogP contribution in [0.5, 0.6) is 0 Å². The number of imidazole rings is 1. The highest BCUT2D eigenvalue weighted by atomic mass is 16.5. The number of nitrogens with zero attached hydrogens (tertiary/aromatic N) is 5. The molecule has 11 nitrogen and oxygen atoms in total. The van der Waals surface area contributed by atoms with Crippen molar-refractivity contribution in [3.05, 3.63) is 46.2 Å². The van der Waals surface area contributed by atoms with E-state index in [0.717, 1.165) is 24.9 Å². The number of aromatic nitrogens is 4. The van der Waals surface area contributed by atoms with Gasteiger partial charge in [0.05, 0.1) is 13.2 Å². The van der Waals surface area contributed by atoms with Gasteiger partial charge in [0.25, 0.3) is 5.56 Å². The third kappa shape index (κ3) is 5.14. The van der Waals surface area contributed by atoms with E-state index in [1.54, 1.807) is 14.0 Å². The van der Waals surface area contributed by atoms with Gasteiger partial charge in [-0.1, -0.05) is 30.3 Å². The largest absolute Gasteiger partial charge is 0.450 e. The molecule has 4 N–H and O–H groups in total. The lowest BCUT2D eigenvalue weighted by molar-refractivity contribution is 0.152. The first-order chi connectivity index (χ1) is 16.5. The third-order valence-electron chi connectivity index (χ3n) is 5.84. The summed E-state index contributed by atoms with van der Waals surface area (Å²) in [6.07, 6.45) is 1.47. The van der Waals surface area contributed by atoms with E-state index in [-0.39, 0.29) is 11.6 Å². The van der Waals surface area contributed by atoms with E-state index in [4.69, 9.17) is 15.5 Å². The number of amides is 1. The zero-order chi connectivity index (χ0) is 24.1. The number of hydrogen-bond acceptors (Lipinski definition) is 8. The Bertz CT molecular complexity index is 1190. The lowest BCUT2D eigenvalue weighted by Crippen LogP contribution is -2.44. The fourth-order valence-electron chi connectivity index (χ4n) is 4.18. The normalized spacial score (nSPS) is 16.0. The minimum atomic E-state index is -0.481. The van der Waals surface area contributed by atoms with Crippen molar-refractivity contribution in [1.82, 2.24) is 24.4 Å². The Hall–Kier alpha value is -3.60. The molecule has 0 bridgehead atoms. The quantitative estimate of drug-likeness (QED) is 0.421. The molecule has 1 aliphatic heterocycles. The molecule has 0 spiro atoms. The van der Waals surface area contributed by atoms with Crippen LogP contribution in [0.4, 0.5) is 16.7 Å². The zero-order valence-corrected chi connectivity index (χ0v) is 19.7. The highest BCUT2D eigenvalue weighted by molar-refractivity contribution is 5.76. The first-order valence-corrected chi connectivity index (χ1v) is 11.6. The van der Waals surface area contributed by atoms with Crippen molar-refractivity contribution in [2.24, 2.45) is 12.8 Å². The molecule has 2 aromatic heterocycles. The molecule has 1 amide bonds. The van der Waals surface area contributed by atoms with Crippen molar-refractivity contribution in [3.8, 4) is 0 Å². The molecule has 1 atom stereocenters. The molecular formula is C23H32N8O3. The first kappa shape index (κ1) is 23.6. The molecule has 0 radical (unpaired) electrons. The SMILES string of the molecule is CCOC(=O)NCCNc1nc2nc(N3CCCC(N)C3)n(Cc3ccccc3)c2c(=O)n1C. The number of carbonyl (C=O) groups is 1. The van der Waals surface area contributed by atoms with Crippen LogP contribution in [0.1, 0.15) is 25.3 Å². The Kier molecular flexibility index (Phi) is 7.31. The summed E-state index contributed by atoms with van der Waals surface area (Å²) in [6, 6.07) is 10.1. The maximum absolute atomic E-state index is 13.4. The van der Waals surface area contributed by atoms with Crippen molar-refractivity contribution >= 4 is 29.2 Å². The molecule has 1 aliphatic rings. The van der Waals surface area contributed by atoms with E-state index in [9.17, 15) is 9.59 Å². The molecule has 1 unspecified atom stereocenters. The van der Waals surface area contributed by atoms with Crippen LogP contribution < -0.4 is 26.8 Å². The average Bonchev–Trinajstić information content (AvgIpc) is 3.18. The monoisotopic (exact) mass is 468 g/mol. The Morgan fingerprint density at radius 2 is 2.03 bits per heavy atom. The van der Waals surface area contributed by atoms with Gasteiger partial charge in [-0.2, -0.15) is 9.97 Å². The number of anilines is 2. The Balaban J connectivity index is 1.67. The van der Waals surface area contributed by atoms with Crippen LogP contribution in [0.25, 0.3) is 11.2 Å². The molecule has 4 rings (SSSR count).